The summed E-state index contributed by atoms with van der Waals surface area (Å²) in [6.45, 7) is 6.24. The van der Waals surface area contributed by atoms with Gasteiger partial charge in [-0.25, -0.2) is 0 Å². The van der Waals surface area contributed by atoms with Gasteiger partial charge in [0.05, 0.1) is 6.54 Å². The topological polar surface area (TPSA) is 42.7 Å². The van der Waals surface area contributed by atoms with Gasteiger partial charge in [0.15, 0.2) is 0 Å². The van der Waals surface area contributed by atoms with Gasteiger partial charge in [0.25, 0.3) is 0 Å². The van der Waals surface area contributed by atoms with E-state index < -0.39 is 0 Å². The highest BCUT2D eigenvalue weighted by Gasteiger charge is 2.20. The average molecular weight is 236 g/mol. The van der Waals surface area contributed by atoms with Gasteiger partial charge in [-0.1, -0.05) is 26.2 Å². The zero-order chi connectivity index (χ0) is 12.1. The SMILES string of the molecule is CCC1CCCC(NCc2nncn2CC)C1. The number of nitrogens with zero attached hydrogens (tertiary/aromatic N) is 3. The van der Waals surface area contributed by atoms with E-state index in [1.165, 1.54) is 32.1 Å². The Hall–Kier alpha value is -0.900. The summed E-state index contributed by atoms with van der Waals surface area (Å²) in [4.78, 5) is 0. The second-order valence-electron chi connectivity index (χ2n) is 5.05. The molecule has 96 valence electrons. The van der Waals surface area contributed by atoms with E-state index in [-0.39, 0.29) is 0 Å². The van der Waals surface area contributed by atoms with E-state index in [0.717, 1.165) is 24.8 Å². The summed E-state index contributed by atoms with van der Waals surface area (Å²) in [5, 5.41) is 11.8. The van der Waals surface area contributed by atoms with Crippen LogP contribution in [0.2, 0.25) is 0 Å². The molecule has 0 aliphatic heterocycles. The monoisotopic (exact) mass is 236 g/mol. The van der Waals surface area contributed by atoms with Crippen molar-refractivity contribution >= 4 is 0 Å². The molecule has 0 saturated heterocycles. The third-order valence-corrected chi connectivity index (χ3v) is 3.95. The molecular weight excluding hydrogens is 212 g/mol. The molecular formula is C13H24N4. The van der Waals surface area contributed by atoms with Gasteiger partial charge in [-0.05, 0) is 25.7 Å². The first-order chi connectivity index (χ1) is 8.33. The average Bonchev–Trinajstić information content (AvgIpc) is 2.84. The van der Waals surface area contributed by atoms with Crippen molar-refractivity contribution in [1.29, 1.82) is 0 Å². The minimum absolute atomic E-state index is 0.677. The first-order valence-electron chi connectivity index (χ1n) is 6.93. The Kier molecular flexibility index (Phi) is 4.54. The van der Waals surface area contributed by atoms with Crippen LogP contribution in [0.4, 0.5) is 0 Å². The fourth-order valence-corrected chi connectivity index (χ4v) is 2.76. The van der Waals surface area contributed by atoms with Gasteiger partial charge in [0.1, 0.15) is 12.2 Å². The lowest BCUT2D eigenvalue weighted by Gasteiger charge is -2.29. The van der Waals surface area contributed by atoms with Crippen LogP contribution in [0.1, 0.15) is 51.8 Å². The fraction of sp³-hybridized carbons (Fsp3) is 0.846. The Balaban J connectivity index is 1.81. The maximum atomic E-state index is 4.16. The zero-order valence-electron chi connectivity index (χ0n) is 11.0. The molecule has 0 amide bonds. The number of aryl methyl sites for hydroxylation is 1. The summed E-state index contributed by atoms with van der Waals surface area (Å²) in [6, 6.07) is 0.677. The van der Waals surface area contributed by atoms with E-state index in [0.29, 0.717) is 6.04 Å². The van der Waals surface area contributed by atoms with Gasteiger partial charge in [-0.15, -0.1) is 10.2 Å². The highest BCUT2D eigenvalue weighted by molar-refractivity contribution is 4.87. The Morgan fingerprint density at radius 2 is 2.29 bits per heavy atom. The molecule has 1 heterocycles. The van der Waals surface area contributed by atoms with Crippen LogP contribution in [0.25, 0.3) is 0 Å². The molecule has 4 heteroatoms. The van der Waals surface area contributed by atoms with Crippen molar-refractivity contribution in [2.75, 3.05) is 0 Å². The number of aromatic nitrogens is 3. The van der Waals surface area contributed by atoms with E-state index in [1.807, 2.05) is 6.33 Å². The molecule has 0 bridgehead atoms. The predicted octanol–water partition coefficient (Wildman–Crippen LogP) is 2.36. The quantitative estimate of drug-likeness (QED) is 0.853. The predicted molar refractivity (Wildman–Crippen MR) is 68.6 cm³/mol. The third-order valence-electron chi connectivity index (χ3n) is 3.95. The Morgan fingerprint density at radius 3 is 3.06 bits per heavy atom. The first-order valence-corrected chi connectivity index (χ1v) is 6.93. The standard InChI is InChI=1S/C13H24N4/c1-3-11-6-5-7-12(8-11)14-9-13-16-15-10-17(13)4-2/h10-12,14H,3-9H2,1-2H3. The molecule has 0 radical (unpaired) electrons. The lowest BCUT2D eigenvalue weighted by Crippen LogP contribution is -2.34. The minimum atomic E-state index is 0.677. The number of hydrogen-bond donors (Lipinski definition) is 1. The van der Waals surface area contributed by atoms with Gasteiger partial charge in [-0.3, -0.25) is 0 Å². The van der Waals surface area contributed by atoms with Gasteiger partial charge in [0, 0.05) is 12.6 Å². The summed E-state index contributed by atoms with van der Waals surface area (Å²) in [6.07, 6.45) is 8.57. The van der Waals surface area contributed by atoms with Crippen molar-refractivity contribution < 1.29 is 0 Å². The van der Waals surface area contributed by atoms with E-state index in [2.05, 4.69) is 33.9 Å². The van der Waals surface area contributed by atoms with Crippen molar-refractivity contribution in [2.45, 2.75) is 65.1 Å². The maximum absolute atomic E-state index is 4.16. The Morgan fingerprint density at radius 1 is 1.41 bits per heavy atom. The second kappa shape index (κ2) is 6.15. The molecule has 1 saturated carbocycles. The number of rotatable bonds is 5. The smallest absolute Gasteiger partial charge is 0.146 e. The van der Waals surface area contributed by atoms with Crippen LogP contribution >= 0.6 is 0 Å². The lowest BCUT2D eigenvalue weighted by atomic mass is 9.84. The van der Waals surface area contributed by atoms with Crippen molar-refractivity contribution in [3.63, 3.8) is 0 Å². The Labute approximate surface area is 104 Å². The molecule has 17 heavy (non-hydrogen) atoms. The highest BCUT2D eigenvalue weighted by Crippen LogP contribution is 2.26. The number of nitrogens with one attached hydrogen (secondary N) is 1. The van der Waals surface area contributed by atoms with Crippen LogP contribution in [0, 0.1) is 5.92 Å². The lowest BCUT2D eigenvalue weighted by molar-refractivity contribution is 0.276. The van der Waals surface area contributed by atoms with Crippen LogP contribution in [0.3, 0.4) is 0 Å². The molecule has 0 aromatic carbocycles. The maximum Gasteiger partial charge on any atom is 0.146 e. The molecule has 2 rings (SSSR count). The summed E-state index contributed by atoms with van der Waals surface area (Å²) < 4.78 is 2.10. The van der Waals surface area contributed by atoms with E-state index in [4.69, 9.17) is 0 Å². The van der Waals surface area contributed by atoms with Crippen molar-refractivity contribution in [3.05, 3.63) is 12.2 Å². The van der Waals surface area contributed by atoms with Crippen LogP contribution in [-0.2, 0) is 13.1 Å². The molecule has 4 nitrogen and oxygen atoms in total. The molecule has 1 aromatic rings. The van der Waals surface area contributed by atoms with Crippen LogP contribution in [-0.4, -0.2) is 20.8 Å². The summed E-state index contributed by atoms with van der Waals surface area (Å²) in [5.41, 5.74) is 0. The van der Waals surface area contributed by atoms with Gasteiger partial charge in [0.2, 0.25) is 0 Å². The minimum Gasteiger partial charge on any atom is -0.317 e. The zero-order valence-corrected chi connectivity index (χ0v) is 11.0. The molecule has 1 aliphatic rings. The van der Waals surface area contributed by atoms with Crippen LogP contribution in [0.5, 0.6) is 0 Å². The first kappa shape index (κ1) is 12.6. The largest absolute Gasteiger partial charge is 0.317 e. The van der Waals surface area contributed by atoms with E-state index in [9.17, 15) is 0 Å². The molecule has 1 N–H and O–H groups in total. The molecule has 1 aliphatic carbocycles. The van der Waals surface area contributed by atoms with Gasteiger partial charge in [-0.2, -0.15) is 0 Å². The van der Waals surface area contributed by atoms with Crippen LogP contribution in [0.15, 0.2) is 6.33 Å². The number of hydrogen-bond acceptors (Lipinski definition) is 3. The summed E-state index contributed by atoms with van der Waals surface area (Å²) in [5.74, 6) is 1.98. The fourth-order valence-electron chi connectivity index (χ4n) is 2.76. The normalized spacial score (nSPS) is 25.1. The Bertz CT molecular complexity index is 334. The third kappa shape index (κ3) is 3.28. The molecule has 2 unspecified atom stereocenters. The molecule has 1 fully saturated rings. The van der Waals surface area contributed by atoms with Crippen molar-refractivity contribution in [1.82, 2.24) is 20.1 Å². The van der Waals surface area contributed by atoms with Gasteiger partial charge >= 0.3 is 0 Å². The molecule has 2 atom stereocenters. The van der Waals surface area contributed by atoms with Crippen molar-refractivity contribution in [2.24, 2.45) is 5.92 Å². The highest BCUT2D eigenvalue weighted by atomic mass is 15.3. The van der Waals surface area contributed by atoms with Gasteiger partial charge < -0.3 is 9.88 Å². The van der Waals surface area contributed by atoms with Crippen LogP contribution < -0.4 is 5.32 Å². The van der Waals surface area contributed by atoms with E-state index in [1.54, 1.807) is 0 Å². The second-order valence-corrected chi connectivity index (χ2v) is 5.05. The summed E-state index contributed by atoms with van der Waals surface area (Å²) >= 11 is 0. The summed E-state index contributed by atoms with van der Waals surface area (Å²) in [7, 11) is 0. The molecule has 0 spiro atoms. The molecule has 1 aromatic heterocycles. The van der Waals surface area contributed by atoms with E-state index >= 15 is 0 Å². The van der Waals surface area contributed by atoms with Crippen molar-refractivity contribution in [3.8, 4) is 0 Å².